The quantitative estimate of drug-likeness (QED) is 0.712. The number of hydrogen-bond donors (Lipinski definition) is 2. The normalized spacial score (nSPS) is 13.0. The number of rotatable bonds is 2. The van der Waals surface area contributed by atoms with Crippen LogP contribution in [0.4, 0.5) is 11.4 Å². The van der Waals surface area contributed by atoms with Gasteiger partial charge in [-0.15, -0.1) is 0 Å². The Bertz CT molecular complexity index is 1030. The molecule has 0 aliphatic carbocycles. The highest BCUT2D eigenvalue weighted by Crippen LogP contribution is 2.22. The zero-order valence-electron chi connectivity index (χ0n) is 11.9. The predicted molar refractivity (Wildman–Crippen MR) is 93.4 cm³/mol. The zero-order valence-corrected chi connectivity index (χ0v) is 12.7. The first kappa shape index (κ1) is 13.7. The third-order valence-electron chi connectivity index (χ3n) is 3.74. The number of benzene rings is 2. The number of thiocarbonyl (C=S) groups is 1. The second-order valence-corrected chi connectivity index (χ2v) is 5.61. The molecule has 0 saturated heterocycles. The molecule has 0 saturated carbocycles. The smallest absolute Gasteiger partial charge is 0.274 e. The molecule has 2 N–H and O–H groups in total. The average Bonchev–Trinajstić information content (AvgIpc) is 2.84. The molecule has 0 radical (unpaired) electrons. The van der Waals surface area contributed by atoms with E-state index in [0.717, 1.165) is 11.4 Å². The summed E-state index contributed by atoms with van der Waals surface area (Å²) in [5, 5.41) is 7.08. The number of hydrogen-bond acceptors (Lipinski definition) is 4. The van der Waals surface area contributed by atoms with Gasteiger partial charge in [0.2, 0.25) is 0 Å². The number of para-hydroxylation sites is 1. The summed E-state index contributed by atoms with van der Waals surface area (Å²) in [6.45, 7) is 0. The summed E-state index contributed by atoms with van der Waals surface area (Å²) in [7, 11) is 0. The van der Waals surface area contributed by atoms with Gasteiger partial charge in [-0.2, -0.15) is 0 Å². The maximum absolute atomic E-state index is 12.6. The number of fused-ring (bicyclic) bond motifs is 2. The van der Waals surface area contributed by atoms with Crippen molar-refractivity contribution in [2.45, 2.75) is 0 Å². The number of nitrogens with zero attached hydrogens (tertiary/aromatic N) is 1. The minimum atomic E-state index is -0.347. The summed E-state index contributed by atoms with van der Waals surface area (Å²) in [4.78, 5) is 24.4. The Hall–Kier alpha value is -2.99. The van der Waals surface area contributed by atoms with Crippen LogP contribution in [0.2, 0.25) is 0 Å². The van der Waals surface area contributed by atoms with Crippen molar-refractivity contribution in [2.75, 3.05) is 5.32 Å². The molecule has 0 bridgehead atoms. The number of carbonyl (C=O) groups is 1. The third kappa shape index (κ3) is 2.20. The molecule has 2 aromatic carbocycles. The van der Waals surface area contributed by atoms with Crippen LogP contribution < -0.4 is 16.2 Å². The van der Waals surface area contributed by atoms with Crippen molar-refractivity contribution in [3.8, 4) is 0 Å². The molecule has 0 spiro atoms. The fraction of sp³-hybridized carbons (Fsp3) is 0. The summed E-state index contributed by atoms with van der Waals surface area (Å²) < 4.78 is 1.24. The van der Waals surface area contributed by atoms with Crippen LogP contribution in [0.25, 0.3) is 10.8 Å². The minimum absolute atomic E-state index is 0.123. The Morgan fingerprint density at radius 3 is 2.52 bits per heavy atom. The van der Waals surface area contributed by atoms with Gasteiger partial charge in [-0.3, -0.25) is 14.9 Å². The van der Waals surface area contributed by atoms with Gasteiger partial charge >= 0.3 is 0 Å². The van der Waals surface area contributed by atoms with Crippen LogP contribution >= 0.6 is 12.2 Å². The zero-order chi connectivity index (χ0) is 16.0. The van der Waals surface area contributed by atoms with E-state index in [2.05, 4.69) is 10.6 Å². The van der Waals surface area contributed by atoms with Crippen molar-refractivity contribution in [3.63, 3.8) is 0 Å². The average molecular weight is 321 g/mol. The van der Waals surface area contributed by atoms with Gasteiger partial charge in [0, 0.05) is 16.8 Å². The molecule has 1 aliphatic rings. The van der Waals surface area contributed by atoms with Gasteiger partial charge in [-0.1, -0.05) is 24.3 Å². The maximum atomic E-state index is 12.6. The third-order valence-corrected chi connectivity index (χ3v) is 4.02. The molecule has 0 atom stereocenters. The minimum Gasteiger partial charge on any atom is -0.356 e. The van der Waals surface area contributed by atoms with E-state index < -0.39 is 0 Å². The van der Waals surface area contributed by atoms with E-state index in [1.165, 1.54) is 4.57 Å². The van der Waals surface area contributed by atoms with Crippen LogP contribution in [0.1, 0.15) is 10.5 Å². The molecule has 1 aromatic heterocycles. The van der Waals surface area contributed by atoms with Crippen LogP contribution in [0.3, 0.4) is 0 Å². The van der Waals surface area contributed by atoms with Gasteiger partial charge in [-0.25, -0.2) is 4.57 Å². The van der Waals surface area contributed by atoms with Crippen molar-refractivity contribution in [2.24, 2.45) is 0 Å². The second-order valence-electron chi connectivity index (χ2n) is 5.22. The molecular weight excluding hydrogens is 310 g/mol. The lowest BCUT2D eigenvalue weighted by Gasteiger charge is -2.08. The van der Waals surface area contributed by atoms with Crippen molar-refractivity contribution in [1.29, 1.82) is 0 Å². The molecule has 0 fully saturated rings. The Morgan fingerprint density at radius 2 is 1.74 bits per heavy atom. The Labute approximate surface area is 136 Å². The molecule has 2 heterocycles. The summed E-state index contributed by atoms with van der Waals surface area (Å²) >= 11 is 5.05. The topological polar surface area (TPSA) is 63.1 Å². The molecule has 0 unspecified atom stereocenters. The Balaban J connectivity index is 1.87. The fourth-order valence-corrected chi connectivity index (χ4v) is 2.93. The van der Waals surface area contributed by atoms with Crippen LogP contribution in [0.5, 0.6) is 0 Å². The van der Waals surface area contributed by atoms with E-state index in [-0.39, 0.29) is 22.3 Å². The molecule has 4 rings (SSSR count). The lowest BCUT2D eigenvalue weighted by molar-refractivity contribution is 0.0981. The van der Waals surface area contributed by atoms with Crippen LogP contribution in [-0.2, 0) is 0 Å². The standard InChI is InChI=1S/C17H11N3O2S/c21-15-14-8-10-6-7-12(18-11-4-2-1-3-5-11)9-13(10)16(22)20(14)17(23)19-15/h1-9,18H,(H,19,21,23). The van der Waals surface area contributed by atoms with Crippen molar-refractivity contribution in [3.05, 3.63) is 70.6 Å². The molecule has 6 heteroatoms. The monoisotopic (exact) mass is 321 g/mol. The number of aromatic nitrogens is 1. The van der Waals surface area contributed by atoms with E-state index in [9.17, 15) is 9.59 Å². The SMILES string of the molecule is O=C1NC(=S)n2c1cc1ccc(Nc3ccccc3)cc1c2=O. The van der Waals surface area contributed by atoms with Crippen molar-refractivity contribution in [1.82, 2.24) is 9.88 Å². The summed E-state index contributed by atoms with van der Waals surface area (Å²) in [6.07, 6.45) is 0. The second kappa shape index (κ2) is 5.03. The lowest BCUT2D eigenvalue weighted by Crippen LogP contribution is -2.28. The van der Waals surface area contributed by atoms with Gasteiger partial charge in [0.05, 0.1) is 0 Å². The van der Waals surface area contributed by atoms with Crippen molar-refractivity contribution >= 4 is 45.4 Å². The lowest BCUT2D eigenvalue weighted by atomic mass is 10.1. The number of pyridine rings is 1. The molecule has 5 nitrogen and oxygen atoms in total. The van der Waals surface area contributed by atoms with Gasteiger partial charge in [-0.05, 0) is 47.9 Å². The number of nitrogens with one attached hydrogen (secondary N) is 2. The summed E-state index contributed by atoms with van der Waals surface area (Å²) in [5.74, 6) is -0.347. The van der Waals surface area contributed by atoms with Gasteiger partial charge < -0.3 is 5.32 Å². The van der Waals surface area contributed by atoms with Gasteiger partial charge in [0.1, 0.15) is 5.69 Å². The maximum Gasteiger partial charge on any atom is 0.274 e. The Kier molecular flexibility index (Phi) is 2.99. The van der Waals surface area contributed by atoms with E-state index in [0.29, 0.717) is 10.8 Å². The molecule has 112 valence electrons. The van der Waals surface area contributed by atoms with E-state index in [1.807, 2.05) is 42.5 Å². The molecule has 1 amide bonds. The van der Waals surface area contributed by atoms with Gasteiger partial charge in [0.25, 0.3) is 11.5 Å². The number of amides is 1. The van der Waals surface area contributed by atoms with Crippen molar-refractivity contribution < 1.29 is 4.79 Å². The highest BCUT2D eigenvalue weighted by molar-refractivity contribution is 7.80. The number of carbonyl (C=O) groups excluding carboxylic acids is 1. The van der Waals surface area contributed by atoms with Crippen LogP contribution in [-0.4, -0.2) is 15.6 Å². The van der Waals surface area contributed by atoms with E-state index in [4.69, 9.17) is 12.2 Å². The van der Waals surface area contributed by atoms with Crippen LogP contribution in [0.15, 0.2) is 59.4 Å². The van der Waals surface area contributed by atoms with E-state index >= 15 is 0 Å². The fourth-order valence-electron chi connectivity index (χ4n) is 2.66. The van der Waals surface area contributed by atoms with Crippen LogP contribution in [0, 0.1) is 0 Å². The Morgan fingerprint density at radius 1 is 0.957 bits per heavy atom. The first-order chi connectivity index (χ1) is 11.1. The predicted octanol–water partition coefficient (Wildman–Crippen LogP) is 2.62. The van der Waals surface area contributed by atoms with E-state index in [1.54, 1.807) is 12.1 Å². The van der Waals surface area contributed by atoms with Gasteiger partial charge in [0.15, 0.2) is 5.11 Å². The first-order valence-electron chi connectivity index (χ1n) is 7.01. The summed E-state index contributed by atoms with van der Waals surface area (Å²) in [6, 6.07) is 16.8. The largest absolute Gasteiger partial charge is 0.356 e. The molecule has 23 heavy (non-hydrogen) atoms. The molecular formula is C17H11N3O2S. The molecule has 1 aliphatic heterocycles. The highest BCUT2D eigenvalue weighted by Gasteiger charge is 2.25. The summed E-state index contributed by atoms with van der Waals surface area (Å²) in [5.41, 5.74) is 1.71. The highest BCUT2D eigenvalue weighted by atomic mass is 32.1. The molecule has 3 aromatic rings. The first-order valence-corrected chi connectivity index (χ1v) is 7.42. The number of anilines is 2.